The van der Waals surface area contributed by atoms with E-state index in [1.54, 1.807) is 32.8 Å². The molecular weight excluding hydrogens is 388 g/mol. The summed E-state index contributed by atoms with van der Waals surface area (Å²) in [5.41, 5.74) is 3.65. The molecule has 29 heavy (non-hydrogen) atoms. The minimum Gasteiger partial charge on any atom is -0.493 e. The Kier molecular flexibility index (Phi) is 5.19. The van der Waals surface area contributed by atoms with Gasteiger partial charge in [0.1, 0.15) is 15.6 Å². The molecule has 7 nitrogen and oxygen atoms in total. The lowest BCUT2D eigenvalue weighted by molar-refractivity contribution is 0.0681. The molecule has 0 radical (unpaired) electrons. The van der Waals surface area contributed by atoms with Gasteiger partial charge < -0.3 is 14.4 Å². The molecule has 3 heterocycles. The SMILES string of the molecule is COc1cc2c(cc1OC)[C@@H](C)N(C(=O)c1sc(-c3cnccn3)nc1C)CC2. The Bertz CT molecular complexity index is 1050. The number of nitrogens with zero attached hydrogens (tertiary/aromatic N) is 4. The van der Waals surface area contributed by atoms with Crippen LogP contribution >= 0.6 is 11.3 Å². The summed E-state index contributed by atoms with van der Waals surface area (Å²) in [6.07, 6.45) is 5.66. The van der Waals surface area contributed by atoms with Gasteiger partial charge in [0.05, 0.1) is 32.2 Å². The molecule has 0 bridgehead atoms. The Labute approximate surface area is 173 Å². The van der Waals surface area contributed by atoms with Crippen molar-refractivity contribution in [2.24, 2.45) is 0 Å². The van der Waals surface area contributed by atoms with Crippen molar-refractivity contribution in [3.05, 3.63) is 52.4 Å². The zero-order valence-electron chi connectivity index (χ0n) is 16.8. The highest BCUT2D eigenvalue weighted by Gasteiger charge is 2.31. The van der Waals surface area contributed by atoms with Gasteiger partial charge in [-0.2, -0.15) is 0 Å². The zero-order chi connectivity index (χ0) is 20.5. The number of hydrogen-bond donors (Lipinski definition) is 0. The van der Waals surface area contributed by atoms with Crippen molar-refractivity contribution in [3.63, 3.8) is 0 Å². The van der Waals surface area contributed by atoms with Crippen molar-refractivity contribution in [2.75, 3.05) is 20.8 Å². The quantitative estimate of drug-likeness (QED) is 0.653. The van der Waals surface area contributed by atoms with E-state index in [-0.39, 0.29) is 11.9 Å². The first-order valence-corrected chi connectivity index (χ1v) is 10.1. The van der Waals surface area contributed by atoms with Crippen LogP contribution in [-0.4, -0.2) is 46.5 Å². The fourth-order valence-electron chi connectivity index (χ4n) is 3.67. The average Bonchev–Trinajstić information content (AvgIpc) is 3.15. The molecule has 4 rings (SSSR count). The third-order valence-corrected chi connectivity index (χ3v) is 6.39. The number of benzene rings is 1. The molecule has 1 aromatic carbocycles. The Morgan fingerprint density at radius 1 is 1.21 bits per heavy atom. The lowest BCUT2D eigenvalue weighted by Gasteiger charge is -2.35. The van der Waals surface area contributed by atoms with E-state index in [0.717, 1.165) is 12.0 Å². The number of ether oxygens (including phenoxy) is 2. The number of fused-ring (bicyclic) bond motifs is 1. The summed E-state index contributed by atoms with van der Waals surface area (Å²) in [4.78, 5) is 28.8. The van der Waals surface area contributed by atoms with Gasteiger partial charge in [-0.1, -0.05) is 0 Å². The number of aromatic nitrogens is 3. The minimum absolute atomic E-state index is 0.0110. The third kappa shape index (κ3) is 3.44. The van der Waals surface area contributed by atoms with Crippen LogP contribution in [0.5, 0.6) is 11.5 Å². The molecule has 3 aromatic rings. The van der Waals surface area contributed by atoms with E-state index < -0.39 is 0 Å². The summed E-state index contributed by atoms with van der Waals surface area (Å²) >= 11 is 1.36. The third-order valence-electron chi connectivity index (χ3n) is 5.22. The van der Waals surface area contributed by atoms with Crippen LogP contribution in [0.25, 0.3) is 10.7 Å². The first-order valence-electron chi connectivity index (χ1n) is 9.33. The summed E-state index contributed by atoms with van der Waals surface area (Å²) in [6, 6.07) is 3.91. The number of carbonyl (C=O) groups is 1. The molecule has 0 saturated carbocycles. The normalized spacial score (nSPS) is 15.7. The maximum Gasteiger partial charge on any atom is 0.266 e. The summed E-state index contributed by atoms with van der Waals surface area (Å²) in [6.45, 7) is 4.54. The van der Waals surface area contributed by atoms with Crippen LogP contribution < -0.4 is 9.47 Å². The predicted molar refractivity (Wildman–Crippen MR) is 111 cm³/mol. The molecule has 1 atom stereocenters. The fourth-order valence-corrected chi connectivity index (χ4v) is 4.65. The molecule has 8 heteroatoms. The van der Waals surface area contributed by atoms with Gasteiger partial charge in [0.25, 0.3) is 5.91 Å². The maximum atomic E-state index is 13.4. The predicted octanol–water partition coefficient (Wildman–Crippen LogP) is 3.69. The standard InChI is InChI=1S/C21H22N4O3S/c1-12-19(29-20(24-12)16-11-22-6-7-23-16)21(26)25-8-5-14-9-17(27-3)18(28-4)10-15(14)13(25)2/h6-7,9-11,13H,5,8H2,1-4H3/t13-/m1/s1. The Balaban J connectivity index is 1.65. The number of amides is 1. The molecular formula is C21H22N4O3S. The van der Waals surface area contributed by atoms with Crippen LogP contribution in [0.15, 0.2) is 30.7 Å². The van der Waals surface area contributed by atoms with Crippen LogP contribution in [0.3, 0.4) is 0 Å². The Hall–Kier alpha value is -3.00. The van der Waals surface area contributed by atoms with E-state index in [1.165, 1.54) is 16.9 Å². The molecule has 1 aliphatic heterocycles. The zero-order valence-corrected chi connectivity index (χ0v) is 17.6. The Morgan fingerprint density at radius 3 is 2.66 bits per heavy atom. The summed E-state index contributed by atoms with van der Waals surface area (Å²) in [5.74, 6) is 1.37. The van der Waals surface area contributed by atoms with Crippen molar-refractivity contribution in [2.45, 2.75) is 26.3 Å². The van der Waals surface area contributed by atoms with Gasteiger partial charge in [-0.05, 0) is 43.5 Å². The van der Waals surface area contributed by atoms with Crippen molar-refractivity contribution in [3.8, 4) is 22.2 Å². The number of thiazole rings is 1. The minimum atomic E-state index is -0.0764. The number of methoxy groups -OCH3 is 2. The van der Waals surface area contributed by atoms with Crippen LogP contribution in [0, 0.1) is 6.92 Å². The van der Waals surface area contributed by atoms with E-state index in [9.17, 15) is 4.79 Å². The Morgan fingerprint density at radius 2 is 1.97 bits per heavy atom. The number of aryl methyl sites for hydroxylation is 1. The summed E-state index contributed by atoms with van der Waals surface area (Å²) < 4.78 is 10.9. The van der Waals surface area contributed by atoms with E-state index >= 15 is 0 Å². The van der Waals surface area contributed by atoms with E-state index in [4.69, 9.17) is 9.47 Å². The van der Waals surface area contributed by atoms with Gasteiger partial charge in [0, 0.05) is 18.9 Å². The van der Waals surface area contributed by atoms with Crippen LogP contribution in [0.2, 0.25) is 0 Å². The highest BCUT2D eigenvalue weighted by molar-refractivity contribution is 7.17. The highest BCUT2D eigenvalue weighted by atomic mass is 32.1. The number of carbonyl (C=O) groups excluding carboxylic acids is 1. The number of rotatable bonds is 4. The maximum absolute atomic E-state index is 13.4. The average molecular weight is 410 g/mol. The molecule has 0 saturated heterocycles. The van der Waals surface area contributed by atoms with Crippen LogP contribution in [0.4, 0.5) is 0 Å². The van der Waals surface area contributed by atoms with Crippen molar-refractivity contribution >= 4 is 17.2 Å². The van der Waals surface area contributed by atoms with E-state index in [0.29, 0.717) is 39.3 Å². The smallest absolute Gasteiger partial charge is 0.266 e. The molecule has 0 spiro atoms. The largest absolute Gasteiger partial charge is 0.493 e. The molecule has 0 aliphatic carbocycles. The molecule has 0 N–H and O–H groups in total. The van der Waals surface area contributed by atoms with E-state index in [1.807, 2.05) is 30.9 Å². The van der Waals surface area contributed by atoms with Crippen molar-refractivity contribution in [1.29, 1.82) is 0 Å². The lowest BCUT2D eigenvalue weighted by Crippen LogP contribution is -2.38. The first kappa shape index (κ1) is 19.3. The fraction of sp³-hybridized carbons (Fsp3) is 0.333. The van der Waals surface area contributed by atoms with Crippen molar-refractivity contribution in [1.82, 2.24) is 19.9 Å². The second kappa shape index (κ2) is 7.79. The van der Waals surface area contributed by atoms with Gasteiger partial charge in [-0.3, -0.25) is 14.8 Å². The topological polar surface area (TPSA) is 77.4 Å². The molecule has 2 aromatic heterocycles. The molecule has 1 aliphatic rings. The summed E-state index contributed by atoms with van der Waals surface area (Å²) in [5, 5.41) is 0.704. The van der Waals surface area contributed by atoms with Gasteiger partial charge >= 0.3 is 0 Å². The van der Waals surface area contributed by atoms with Crippen LogP contribution in [-0.2, 0) is 6.42 Å². The second-order valence-corrected chi connectivity index (χ2v) is 7.85. The van der Waals surface area contributed by atoms with Crippen molar-refractivity contribution < 1.29 is 14.3 Å². The molecule has 150 valence electrons. The van der Waals surface area contributed by atoms with Gasteiger partial charge in [0.2, 0.25) is 0 Å². The van der Waals surface area contributed by atoms with E-state index in [2.05, 4.69) is 15.0 Å². The second-order valence-electron chi connectivity index (χ2n) is 6.85. The van der Waals surface area contributed by atoms with Gasteiger partial charge in [0.15, 0.2) is 11.5 Å². The number of hydrogen-bond acceptors (Lipinski definition) is 7. The lowest BCUT2D eigenvalue weighted by atomic mass is 9.92. The van der Waals surface area contributed by atoms with Gasteiger partial charge in [-0.25, -0.2) is 4.98 Å². The molecule has 1 amide bonds. The molecule has 0 fully saturated rings. The highest BCUT2D eigenvalue weighted by Crippen LogP contribution is 2.39. The van der Waals surface area contributed by atoms with Crippen LogP contribution in [0.1, 0.15) is 39.5 Å². The monoisotopic (exact) mass is 410 g/mol. The summed E-state index contributed by atoms with van der Waals surface area (Å²) in [7, 11) is 3.25. The molecule has 0 unspecified atom stereocenters. The first-order chi connectivity index (χ1) is 14.0. The van der Waals surface area contributed by atoms with Gasteiger partial charge in [-0.15, -0.1) is 11.3 Å².